The standard InChI is InChI=1S/C7H13Cl/c1-6-2-4-7(8)5-3-6/h6-7H,2-5H2,1H3/t6-,7-. The molecule has 0 aromatic rings. The molecule has 0 atom stereocenters. The van der Waals surface area contributed by atoms with Crippen molar-refractivity contribution in [2.24, 2.45) is 5.92 Å². The Balaban J connectivity index is 2.19. The molecule has 0 amide bonds. The maximum atomic E-state index is 5.88. The monoisotopic (exact) mass is 132 g/mol. The number of rotatable bonds is 0. The summed E-state index contributed by atoms with van der Waals surface area (Å²) in [5.41, 5.74) is 0. The first-order valence-electron chi connectivity index (χ1n) is 3.43. The zero-order valence-corrected chi connectivity index (χ0v) is 6.12. The topological polar surface area (TPSA) is 0 Å². The van der Waals surface area contributed by atoms with Crippen LogP contribution in [0, 0.1) is 5.92 Å². The minimum Gasteiger partial charge on any atom is -0.123 e. The fourth-order valence-corrected chi connectivity index (χ4v) is 1.47. The van der Waals surface area contributed by atoms with Crippen molar-refractivity contribution < 1.29 is 0 Å². The lowest BCUT2D eigenvalue weighted by molar-refractivity contribution is 0.390. The number of hydrogen-bond donors (Lipinski definition) is 0. The molecule has 0 aliphatic heterocycles. The fourth-order valence-electron chi connectivity index (χ4n) is 1.22. The smallest absolute Gasteiger partial charge is 0.0336 e. The minimum absolute atomic E-state index is 0.492. The molecule has 1 aliphatic carbocycles. The van der Waals surface area contributed by atoms with Crippen LogP contribution in [0.15, 0.2) is 0 Å². The van der Waals surface area contributed by atoms with E-state index in [-0.39, 0.29) is 0 Å². The molecule has 0 unspecified atom stereocenters. The summed E-state index contributed by atoms with van der Waals surface area (Å²) in [5.74, 6) is 0.935. The van der Waals surface area contributed by atoms with Crippen LogP contribution in [0.25, 0.3) is 0 Å². The van der Waals surface area contributed by atoms with Gasteiger partial charge in [0.05, 0.1) is 0 Å². The maximum absolute atomic E-state index is 5.88. The second-order valence-corrected chi connectivity index (χ2v) is 3.47. The average molecular weight is 133 g/mol. The van der Waals surface area contributed by atoms with E-state index in [9.17, 15) is 0 Å². The normalized spacial score (nSPS) is 39.8. The predicted molar refractivity (Wildman–Crippen MR) is 37.3 cm³/mol. The molecule has 0 aromatic carbocycles. The largest absolute Gasteiger partial charge is 0.123 e. The summed E-state index contributed by atoms with van der Waals surface area (Å²) in [4.78, 5) is 0. The number of alkyl halides is 1. The first-order chi connectivity index (χ1) is 3.79. The molecule has 0 saturated heterocycles. The van der Waals surface area contributed by atoms with E-state index >= 15 is 0 Å². The Morgan fingerprint density at radius 2 is 1.62 bits per heavy atom. The first-order valence-corrected chi connectivity index (χ1v) is 3.86. The predicted octanol–water partition coefficient (Wildman–Crippen LogP) is 2.80. The Hall–Kier alpha value is 0.290. The van der Waals surface area contributed by atoms with Crippen LogP contribution in [0.4, 0.5) is 0 Å². The highest BCUT2D eigenvalue weighted by atomic mass is 35.5. The molecule has 0 N–H and O–H groups in total. The van der Waals surface area contributed by atoms with E-state index in [2.05, 4.69) is 6.92 Å². The van der Waals surface area contributed by atoms with E-state index in [0.717, 1.165) is 5.92 Å². The van der Waals surface area contributed by atoms with Crippen LogP contribution >= 0.6 is 11.6 Å². The third-order valence-corrected chi connectivity index (χ3v) is 2.38. The van der Waals surface area contributed by atoms with Crippen molar-refractivity contribution in [2.75, 3.05) is 0 Å². The molecule has 1 rings (SSSR count). The van der Waals surface area contributed by atoms with Gasteiger partial charge in [-0.1, -0.05) is 6.92 Å². The van der Waals surface area contributed by atoms with Gasteiger partial charge in [-0.2, -0.15) is 0 Å². The van der Waals surface area contributed by atoms with Gasteiger partial charge in [0.25, 0.3) is 0 Å². The van der Waals surface area contributed by atoms with E-state index in [0.29, 0.717) is 5.38 Å². The molecular weight excluding hydrogens is 120 g/mol. The summed E-state index contributed by atoms with van der Waals surface area (Å²) in [6, 6.07) is 0. The zero-order chi connectivity index (χ0) is 5.98. The molecule has 8 heavy (non-hydrogen) atoms. The second kappa shape index (κ2) is 2.72. The molecule has 0 radical (unpaired) electrons. The summed E-state index contributed by atoms with van der Waals surface area (Å²) in [7, 11) is 0. The van der Waals surface area contributed by atoms with Gasteiger partial charge in [-0.15, -0.1) is 11.6 Å². The van der Waals surface area contributed by atoms with Crippen LogP contribution < -0.4 is 0 Å². The van der Waals surface area contributed by atoms with Crippen molar-refractivity contribution >= 4 is 11.6 Å². The SMILES string of the molecule is C[C@H]1CC[C@H](Cl)CC1. The fraction of sp³-hybridized carbons (Fsp3) is 1.00. The van der Waals surface area contributed by atoms with Gasteiger partial charge in [0, 0.05) is 5.38 Å². The van der Waals surface area contributed by atoms with Crippen LogP contribution in [-0.2, 0) is 0 Å². The highest BCUT2D eigenvalue weighted by Crippen LogP contribution is 2.26. The van der Waals surface area contributed by atoms with E-state index in [1.54, 1.807) is 0 Å². The van der Waals surface area contributed by atoms with Crippen molar-refractivity contribution in [1.29, 1.82) is 0 Å². The van der Waals surface area contributed by atoms with Crippen LogP contribution in [-0.4, -0.2) is 5.38 Å². The Morgan fingerprint density at radius 3 is 2.00 bits per heavy atom. The van der Waals surface area contributed by atoms with Crippen molar-refractivity contribution in [2.45, 2.75) is 38.0 Å². The molecule has 0 spiro atoms. The highest BCUT2D eigenvalue weighted by molar-refractivity contribution is 6.20. The minimum atomic E-state index is 0.492. The summed E-state index contributed by atoms with van der Waals surface area (Å²) >= 11 is 5.88. The average Bonchev–Trinajstić information content (AvgIpc) is 1.77. The van der Waals surface area contributed by atoms with E-state index in [1.807, 2.05) is 0 Å². The van der Waals surface area contributed by atoms with Crippen LogP contribution in [0.3, 0.4) is 0 Å². The molecule has 1 aliphatic rings. The molecule has 0 heterocycles. The third kappa shape index (κ3) is 1.66. The summed E-state index contributed by atoms with van der Waals surface area (Å²) < 4.78 is 0. The van der Waals surface area contributed by atoms with E-state index in [1.165, 1.54) is 25.7 Å². The van der Waals surface area contributed by atoms with Gasteiger partial charge in [0.1, 0.15) is 0 Å². The summed E-state index contributed by atoms with van der Waals surface area (Å²) in [6.45, 7) is 2.31. The first kappa shape index (κ1) is 6.41. The molecule has 1 heteroatoms. The Labute approximate surface area is 56.2 Å². The number of hydrogen-bond acceptors (Lipinski definition) is 0. The van der Waals surface area contributed by atoms with Crippen molar-refractivity contribution in [1.82, 2.24) is 0 Å². The number of halogens is 1. The van der Waals surface area contributed by atoms with Gasteiger partial charge in [-0.25, -0.2) is 0 Å². The van der Waals surface area contributed by atoms with Gasteiger partial charge in [0.15, 0.2) is 0 Å². The maximum Gasteiger partial charge on any atom is 0.0336 e. The van der Waals surface area contributed by atoms with Gasteiger partial charge < -0.3 is 0 Å². The van der Waals surface area contributed by atoms with E-state index < -0.39 is 0 Å². The third-order valence-electron chi connectivity index (χ3n) is 1.95. The van der Waals surface area contributed by atoms with Crippen molar-refractivity contribution in [3.63, 3.8) is 0 Å². The van der Waals surface area contributed by atoms with Gasteiger partial charge in [0.2, 0.25) is 0 Å². The molecule has 0 aromatic heterocycles. The van der Waals surface area contributed by atoms with E-state index in [4.69, 9.17) is 11.6 Å². The highest BCUT2D eigenvalue weighted by Gasteiger charge is 2.14. The molecule has 1 fully saturated rings. The van der Waals surface area contributed by atoms with Crippen LogP contribution in [0.5, 0.6) is 0 Å². The van der Waals surface area contributed by atoms with Gasteiger partial charge in [-0.05, 0) is 31.6 Å². The molecule has 1 saturated carbocycles. The Morgan fingerprint density at radius 1 is 1.12 bits per heavy atom. The lowest BCUT2D eigenvalue weighted by atomic mass is 9.91. The lowest BCUT2D eigenvalue weighted by Gasteiger charge is -2.20. The van der Waals surface area contributed by atoms with Gasteiger partial charge in [-0.3, -0.25) is 0 Å². The molecular formula is C7H13Cl. The van der Waals surface area contributed by atoms with Gasteiger partial charge >= 0.3 is 0 Å². The second-order valence-electron chi connectivity index (χ2n) is 2.86. The zero-order valence-electron chi connectivity index (χ0n) is 5.36. The molecule has 0 bridgehead atoms. The molecule has 48 valence electrons. The Bertz CT molecular complexity index is 52.8. The summed E-state index contributed by atoms with van der Waals surface area (Å²) in [6.07, 6.45) is 5.16. The van der Waals surface area contributed by atoms with Crippen molar-refractivity contribution in [3.05, 3.63) is 0 Å². The van der Waals surface area contributed by atoms with Crippen molar-refractivity contribution in [3.8, 4) is 0 Å². The molecule has 0 nitrogen and oxygen atoms in total. The lowest BCUT2D eigenvalue weighted by Crippen LogP contribution is -2.11. The van der Waals surface area contributed by atoms with Crippen LogP contribution in [0.1, 0.15) is 32.6 Å². The van der Waals surface area contributed by atoms with Crippen LogP contribution in [0.2, 0.25) is 0 Å². The summed E-state index contributed by atoms with van der Waals surface area (Å²) in [5, 5.41) is 0.492. The Kier molecular flexibility index (Phi) is 2.18. The quantitative estimate of drug-likeness (QED) is 0.445.